The van der Waals surface area contributed by atoms with E-state index in [2.05, 4.69) is 496 Å². The van der Waals surface area contributed by atoms with E-state index in [0.717, 1.165) is 56.9 Å². The van der Waals surface area contributed by atoms with E-state index in [1.165, 1.54) is 110 Å². The van der Waals surface area contributed by atoms with Crippen LogP contribution in [0, 0.1) is 58.5 Å². The van der Waals surface area contributed by atoms with E-state index < -0.39 is 0 Å². The van der Waals surface area contributed by atoms with Crippen molar-refractivity contribution < 1.29 is 0 Å². The molecule has 0 saturated heterocycles. The molecule has 0 bridgehead atoms. The Bertz CT molecular complexity index is 8190. The molecule has 0 spiro atoms. The zero-order valence-electron chi connectivity index (χ0n) is 72.7. The average Bonchev–Trinajstić information content (AvgIpc) is 1.51. The molecule has 4 heterocycles. The lowest BCUT2D eigenvalue weighted by atomic mass is 9.95. The lowest BCUT2D eigenvalue weighted by Crippen LogP contribution is -2.10. The standard InChI is InChI=1S/C58H40N2.C44H32N2.C18N12/c1-4-14-41(15-5-1)44-24-32-48(33-25-44)59(49-34-26-45(27-35-49)42-16-6-2-7-17-42)50-38-30-47(31-39-50)55-40-56-53-21-12-13-23-57(53)60(58(56)54-22-11-10-20-52(54)55)51-36-28-46(29-37-51)43-18-8-3-9-19-43;1-3-17-37(18-4-1)45(43-23-11-15-35-13-7-9-21-41(35)43)39-29-25-33(26-30-39)34-27-31-40(32-28-34)46(38-19-5-2-6-20-38)44-24-12-16-36-14-8-10-22-42(36)44;1-23-17-18(24-2)30-16-14-12(26-8(4-20)10(6-22)28-14)11-13(15(16)29-17)27-9(5-21)7(3-19)25-11/h1-40H;1-32H;. The van der Waals surface area contributed by atoms with Gasteiger partial charge in [0, 0.05) is 72.4 Å². The molecule has 0 aliphatic rings. The van der Waals surface area contributed by atoms with E-state index >= 15 is 0 Å². The predicted molar refractivity (Wildman–Crippen MR) is 548 cm³/mol. The molecule has 0 amide bonds. The number of benzene rings is 19. The van der Waals surface area contributed by atoms with Crippen LogP contribution >= 0.6 is 0 Å². The van der Waals surface area contributed by atoms with Crippen molar-refractivity contribution in [2.75, 3.05) is 14.7 Å². The molecule has 0 fully saturated rings. The summed E-state index contributed by atoms with van der Waals surface area (Å²) < 4.78 is 2.44. The second-order valence-corrected chi connectivity index (χ2v) is 32.2. The molecule has 16 heteroatoms. The summed E-state index contributed by atoms with van der Waals surface area (Å²) in [6, 6.07) is 164. The molecule has 19 aromatic carbocycles. The maximum Gasteiger partial charge on any atom is 0.294 e. The maximum atomic E-state index is 9.29. The second-order valence-electron chi connectivity index (χ2n) is 32.2. The Hall–Kier alpha value is -19.9. The molecule has 0 atom stereocenters. The van der Waals surface area contributed by atoms with Gasteiger partial charge in [-0.05, 0) is 193 Å². The topological polar surface area (TPSA) is 196 Å². The molecule has 23 aromatic rings. The average molecular weight is 1740 g/mol. The Kier molecular flexibility index (Phi) is 22.4. The third kappa shape index (κ3) is 15.8. The predicted octanol–water partition coefficient (Wildman–Crippen LogP) is 30.8. The van der Waals surface area contributed by atoms with Gasteiger partial charge in [-0.1, -0.05) is 329 Å². The van der Waals surface area contributed by atoms with Crippen LogP contribution in [0.3, 0.4) is 0 Å². The van der Waals surface area contributed by atoms with Crippen LogP contribution in [-0.2, 0) is 0 Å². The van der Waals surface area contributed by atoms with Gasteiger partial charge >= 0.3 is 0 Å². The van der Waals surface area contributed by atoms with Gasteiger partial charge in [0.25, 0.3) is 11.6 Å². The number of rotatable bonds is 15. The summed E-state index contributed by atoms with van der Waals surface area (Å²) in [7, 11) is 0. The number of nitrogens with zero attached hydrogens (tertiary/aromatic N) is 16. The Morgan fingerprint density at radius 1 is 0.228 bits per heavy atom. The first-order valence-electron chi connectivity index (χ1n) is 44.0. The van der Waals surface area contributed by atoms with E-state index in [9.17, 15) is 21.0 Å². The molecule has 136 heavy (non-hydrogen) atoms. The van der Waals surface area contributed by atoms with Crippen LogP contribution in [0.4, 0.5) is 62.8 Å². The van der Waals surface area contributed by atoms with Gasteiger partial charge in [-0.3, -0.25) is 0 Å². The molecule has 0 aliphatic carbocycles. The molecule has 0 aliphatic heterocycles. The third-order valence-corrected chi connectivity index (χ3v) is 24.4. The number of aromatic nitrogens is 7. The highest BCUT2D eigenvalue weighted by Crippen LogP contribution is 2.47. The summed E-state index contributed by atoms with van der Waals surface area (Å²) >= 11 is 0. The summed E-state index contributed by atoms with van der Waals surface area (Å²) in [5.74, 6) is -0.602. The third-order valence-electron chi connectivity index (χ3n) is 24.4. The monoisotopic (exact) mass is 1740 g/mol. The van der Waals surface area contributed by atoms with Crippen LogP contribution in [0.2, 0.25) is 0 Å². The lowest BCUT2D eigenvalue weighted by Gasteiger charge is -2.27. The normalized spacial score (nSPS) is 10.9. The van der Waals surface area contributed by atoms with Gasteiger partial charge in [0.1, 0.15) is 46.3 Å². The van der Waals surface area contributed by atoms with Gasteiger partial charge in [-0.15, -0.1) is 9.97 Å². The fraction of sp³-hybridized carbons (Fsp3) is 0. The number of nitriles is 4. The fourth-order valence-corrected chi connectivity index (χ4v) is 18.0. The van der Waals surface area contributed by atoms with Crippen molar-refractivity contribution in [3.63, 3.8) is 0 Å². The minimum absolute atomic E-state index is 0.00714. The van der Waals surface area contributed by atoms with Gasteiger partial charge < -0.3 is 29.0 Å². The van der Waals surface area contributed by atoms with E-state index in [1.807, 2.05) is 0 Å². The van der Waals surface area contributed by atoms with Crippen LogP contribution < -0.4 is 14.7 Å². The van der Waals surface area contributed by atoms with Crippen molar-refractivity contribution in [1.29, 1.82) is 21.0 Å². The summed E-state index contributed by atoms with van der Waals surface area (Å²) in [6.07, 6.45) is 0. The highest BCUT2D eigenvalue weighted by atomic mass is 15.2. The van der Waals surface area contributed by atoms with Crippen molar-refractivity contribution in [1.82, 2.24) is 34.5 Å². The summed E-state index contributed by atoms with van der Waals surface area (Å²) in [4.78, 5) is 38.2. The zero-order chi connectivity index (χ0) is 92.0. The van der Waals surface area contributed by atoms with Crippen LogP contribution in [0.1, 0.15) is 22.8 Å². The van der Waals surface area contributed by atoms with Gasteiger partial charge in [0.2, 0.25) is 11.0 Å². The lowest BCUT2D eigenvalue weighted by molar-refractivity contribution is 1.17. The quantitative estimate of drug-likeness (QED) is 0.0695. The minimum Gasteiger partial charge on any atom is -0.370 e. The Balaban J connectivity index is 0.000000129. The SMILES string of the molecule is [C-]#[N+]c1nc2c3nc(C#N)c(C#N)nc3c3nc(C#N)c(C#N)nc3c2nc1[N+]#[C-].c1ccc(-c2ccc(N(c3ccc(-c4ccccc4)cc3)c3ccc(-c4cc5c6ccccc6n(-c6ccc(-c7ccccc7)cc6)c5c5ccccc45)cc3)cc2)cc1.c1ccc(N(c2ccc(-c3ccc(N(c4ccccc4)c4cccc5ccccc45)cc3)cc2)c2cccc3ccccc23)cc1. The Morgan fingerprint density at radius 2 is 0.500 bits per heavy atom. The number of fused-ring (bicyclic) bond motifs is 13. The highest BCUT2D eigenvalue weighted by molar-refractivity contribution is 6.23. The molecule has 0 saturated carbocycles. The first-order chi connectivity index (χ1) is 67.2. The summed E-state index contributed by atoms with van der Waals surface area (Å²) in [5.41, 5.74) is 24.5. The minimum atomic E-state index is -0.301. The molecular weight excluding hydrogens is 1670 g/mol. The van der Waals surface area contributed by atoms with Crippen molar-refractivity contribution in [2.24, 2.45) is 0 Å². The maximum absolute atomic E-state index is 9.29. The van der Waals surface area contributed by atoms with Crippen LogP contribution in [-0.4, -0.2) is 34.5 Å². The number of hydrogen-bond acceptors (Lipinski definition) is 13. The van der Waals surface area contributed by atoms with Gasteiger partial charge in [-0.25, -0.2) is 19.9 Å². The molecule has 0 unspecified atom stereocenters. The Morgan fingerprint density at radius 3 is 0.860 bits per heavy atom. The fourth-order valence-electron chi connectivity index (χ4n) is 18.0. The first kappa shape index (κ1) is 83.1. The zero-order valence-corrected chi connectivity index (χ0v) is 72.7. The molecule has 0 radical (unpaired) electrons. The van der Waals surface area contributed by atoms with E-state index in [-0.39, 0.29) is 67.5 Å². The van der Waals surface area contributed by atoms with Crippen molar-refractivity contribution in [3.8, 4) is 85.6 Å². The van der Waals surface area contributed by atoms with E-state index in [1.54, 1.807) is 24.3 Å². The van der Waals surface area contributed by atoms with Gasteiger partial charge in [0.05, 0.1) is 22.4 Å². The molecule has 632 valence electrons. The largest absolute Gasteiger partial charge is 0.370 e. The highest BCUT2D eigenvalue weighted by Gasteiger charge is 2.29. The summed E-state index contributed by atoms with van der Waals surface area (Å²) in [6.45, 7) is 14.5. The van der Waals surface area contributed by atoms with E-state index in [0.29, 0.717) is 0 Å². The van der Waals surface area contributed by atoms with Crippen molar-refractivity contribution in [3.05, 3.63) is 482 Å². The van der Waals surface area contributed by atoms with E-state index in [4.69, 9.17) is 13.1 Å². The summed E-state index contributed by atoms with van der Waals surface area (Å²) in [5, 5.41) is 47.0. The number of anilines is 9. The van der Waals surface area contributed by atoms with Gasteiger partial charge in [-0.2, -0.15) is 21.0 Å². The van der Waals surface area contributed by atoms with Crippen LogP contribution in [0.15, 0.2) is 437 Å². The van der Waals surface area contributed by atoms with Crippen molar-refractivity contribution in [2.45, 2.75) is 0 Å². The second kappa shape index (κ2) is 36.7. The van der Waals surface area contributed by atoms with Crippen LogP contribution in [0.25, 0.3) is 158 Å². The smallest absolute Gasteiger partial charge is 0.294 e. The first-order valence-corrected chi connectivity index (χ1v) is 44.0. The van der Waals surface area contributed by atoms with Gasteiger partial charge in [0.15, 0.2) is 22.8 Å². The molecule has 0 N–H and O–H groups in total. The number of para-hydroxylation sites is 3. The molecule has 16 nitrogen and oxygen atoms in total. The Labute approximate surface area is 783 Å². The van der Waals surface area contributed by atoms with Crippen molar-refractivity contribution >= 4 is 150 Å². The molecule has 23 rings (SSSR count). The van der Waals surface area contributed by atoms with Crippen LogP contribution in [0.5, 0.6) is 0 Å². The number of hydrogen-bond donors (Lipinski definition) is 0. The molecular formula is C120H72N16. The molecule has 4 aromatic heterocycles.